The Morgan fingerprint density at radius 3 is 2.19 bits per heavy atom. The molecule has 0 aromatic heterocycles. The summed E-state index contributed by atoms with van der Waals surface area (Å²) < 4.78 is 5.12. The normalized spacial score (nSPS) is 29.8. The molecule has 5 atom stereocenters. The zero-order valence-corrected chi connectivity index (χ0v) is 15.5. The highest BCUT2D eigenvalue weighted by Gasteiger charge is 2.62. The molecule has 6 nitrogen and oxygen atoms in total. The number of likely N-dealkylation sites (tertiary alicyclic amines) is 1. The number of hydrogen-bond acceptors (Lipinski definition) is 5. The molecule has 0 radical (unpaired) electrons. The van der Waals surface area contributed by atoms with Gasteiger partial charge >= 0.3 is 5.97 Å². The third-order valence-electron chi connectivity index (χ3n) is 6.41. The molecule has 2 aliphatic carbocycles. The number of amides is 2. The summed E-state index contributed by atoms with van der Waals surface area (Å²) in [4.78, 5) is 51.1. The number of esters is 1. The molecule has 1 aromatic carbocycles. The molecule has 2 bridgehead atoms. The van der Waals surface area contributed by atoms with E-state index in [0.29, 0.717) is 5.56 Å². The number of nitrogens with zero attached hydrogens (tertiary/aromatic N) is 1. The Hall–Kier alpha value is -2.50. The third kappa shape index (κ3) is 2.87. The summed E-state index contributed by atoms with van der Waals surface area (Å²) in [5.74, 6) is -1.51. The van der Waals surface area contributed by atoms with Crippen LogP contribution in [0, 0.1) is 30.6 Å². The number of carbonyl (C=O) groups is 4. The number of fused-ring (bicyclic) bond motifs is 5. The highest BCUT2D eigenvalue weighted by molar-refractivity contribution is 6.08. The molecular formula is C21H23NO5. The van der Waals surface area contributed by atoms with Gasteiger partial charge in [-0.25, -0.2) is 4.79 Å². The molecule has 27 heavy (non-hydrogen) atoms. The van der Waals surface area contributed by atoms with Crippen LogP contribution in [0.3, 0.4) is 0 Å². The second kappa shape index (κ2) is 6.59. The summed E-state index contributed by atoms with van der Waals surface area (Å²) in [5.41, 5.74) is 1.49. The van der Waals surface area contributed by atoms with Gasteiger partial charge in [-0.3, -0.25) is 19.3 Å². The Labute approximate surface area is 157 Å². The molecule has 4 rings (SSSR count). The number of rotatable bonds is 5. The first kappa shape index (κ1) is 17.9. The number of carbonyl (C=O) groups excluding carboxylic acids is 4. The second-order valence-corrected chi connectivity index (χ2v) is 8.00. The lowest BCUT2D eigenvalue weighted by Gasteiger charge is -2.22. The van der Waals surface area contributed by atoms with Crippen LogP contribution in [-0.4, -0.2) is 41.1 Å². The van der Waals surface area contributed by atoms with Crippen molar-refractivity contribution in [3.63, 3.8) is 0 Å². The Morgan fingerprint density at radius 1 is 1.07 bits per heavy atom. The molecule has 6 heteroatoms. The molecule has 1 aromatic rings. The topological polar surface area (TPSA) is 80.8 Å². The first-order valence-corrected chi connectivity index (χ1v) is 9.52. The maximum Gasteiger partial charge on any atom is 0.329 e. The van der Waals surface area contributed by atoms with E-state index in [1.54, 1.807) is 12.1 Å². The summed E-state index contributed by atoms with van der Waals surface area (Å²) in [6, 6.07) is 5.98. The molecule has 142 valence electrons. The minimum absolute atomic E-state index is 0.244. The molecule has 2 amide bonds. The van der Waals surface area contributed by atoms with E-state index in [4.69, 9.17) is 4.74 Å². The van der Waals surface area contributed by atoms with Crippen LogP contribution in [0.1, 0.15) is 42.1 Å². The Balaban J connectivity index is 1.39. The first-order valence-electron chi connectivity index (χ1n) is 9.52. The van der Waals surface area contributed by atoms with E-state index in [9.17, 15) is 19.2 Å². The van der Waals surface area contributed by atoms with Crippen LogP contribution in [0.25, 0.3) is 0 Å². The number of imide groups is 1. The van der Waals surface area contributed by atoms with E-state index >= 15 is 0 Å². The van der Waals surface area contributed by atoms with Crippen LogP contribution in [0.4, 0.5) is 0 Å². The fraction of sp³-hybridized carbons (Fsp3) is 0.524. The van der Waals surface area contributed by atoms with Crippen molar-refractivity contribution < 1.29 is 23.9 Å². The molecule has 3 aliphatic rings. The zero-order valence-electron chi connectivity index (χ0n) is 15.5. The number of ketones is 1. The lowest BCUT2D eigenvalue weighted by Crippen LogP contribution is -2.45. The summed E-state index contributed by atoms with van der Waals surface area (Å²) in [5, 5.41) is 0. The van der Waals surface area contributed by atoms with Crippen molar-refractivity contribution in [1.82, 2.24) is 4.90 Å². The van der Waals surface area contributed by atoms with Crippen LogP contribution in [0.15, 0.2) is 24.3 Å². The minimum atomic E-state index is -0.999. The van der Waals surface area contributed by atoms with Gasteiger partial charge < -0.3 is 4.74 Å². The molecule has 2 saturated carbocycles. The third-order valence-corrected chi connectivity index (χ3v) is 6.41. The van der Waals surface area contributed by atoms with Gasteiger partial charge in [-0.2, -0.15) is 0 Å². The maximum atomic E-state index is 12.8. The van der Waals surface area contributed by atoms with Gasteiger partial charge in [0, 0.05) is 5.56 Å². The second-order valence-electron chi connectivity index (χ2n) is 8.00. The van der Waals surface area contributed by atoms with Gasteiger partial charge in [-0.05, 0) is 44.9 Å². The lowest BCUT2D eigenvalue weighted by molar-refractivity contribution is -0.157. The highest BCUT2D eigenvalue weighted by atomic mass is 16.5. The van der Waals surface area contributed by atoms with Crippen molar-refractivity contribution in [2.75, 3.05) is 6.61 Å². The van der Waals surface area contributed by atoms with E-state index in [0.717, 1.165) is 29.7 Å². The van der Waals surface area contributed by atoms with Gasteiger partial charge in [0.1, 0.15) is 6.04 Å². The van der Waals surface area contributed by atoms with E-state index in [1.165, 1.54) is 6.92 Å². The largest absolute Gasteiger partial charge is 0.456 e. The van der Waals surface area contributed by atoms with Crippen molar-refractivity contribution in [3.8, 4) is 0 Å². The molecule has 1 heterocycles. The van der Waals surface area contributed by atoms with Gasteiger partial charge in [0.2, 0.25) is 11.8 Å². The average Bonchev–Trinajstić information content (AvgIpc) is 3.33. The Kier molecular flexibility index (Phi) is 4.36. The molecular weight excluding hydrogens is 346 g/mol. The van der Waals surface area contributed by atoms with Gasteiger partial charge in [0.25, 0.3) is 0 Å². The molecule has 1 saturated heterocycles. The predicted molar refractivity (Wildman–Crippen MR) is 95.6 cm³/mol. The van der Waals surface area contributed by atoms with Crippen LogP contribution in [-0.2, 0) is 19.1 Å². The standard InChI is InChI=1S/C21H23NO5/c1-11-3-5-13(6-4-11)16(23)10-27-21(26)12(2)22-19(24)17-14-7-8-15(9-14)18(17)20(22)25/h3-6,12,14-15,17-18H,7-10H2,1-2H3/t12-,14+,15+,17+,18+/m1/s1. The summed E-state index contributed by atoms with van der Waals surface area (Å²) in [6.45, 7) is 3.01. The number of aryl methyl sites for hydroxylation is 1. The van der Waals surface area contributed by atoms with E-state index < -0.39 is 18.6 Å². The maximum absolute atomic E-state index is 12.8. The van der Waals surface area contributed by atoms with Crippen molar-refractivity contribution in [1.29, 1.82) is 0 Å². The number of ether oxygens (including phenoxy) is 1. The predicted octanol–water partition coefficient (Wildman–Crippen LogP) is 2.14. The van der Waals surface area contributed by atoms with Gasteiger partial charge in [-0.1, -0.05) is 29.8 Å². The molecule has 0 unspecified atom stereocenters. The van der Waals surface area contributed by atoms with Gasteiger partial charge in [0.05, 0.1) is 11.8 Å². The van der Waals surface area contributed by atoms with E-state index in [-0.39, 0.29) is 41.3 Å². The van der Waals surface area contributed by atoms with Crippen LogP contribution in [0.5, 0.6) is 0 Å². The number of benzene rings is 1. The van der Waals surface area contributed by atoms with Crippen molar-refractivity contribution in [2.45, 2.75) is 39.2 Å². The van der Waals surface area contributed by atoms with Crippen molar-refractivity contribution in [3.05, 3.63) is 35.4 Å². The van der Waals surface area contributed by atoms with Gasteiger partial charge in [0.15, 0.2) is 12.4 Å². The first-order chi connectivity index (χ1) is 12.9. The number of Topliss-reactive ketones (excluding diaryl/α,β-unsaturated/α-hetero) is 1. The fourth-order valence-corrected chi connectivity index (χ4v) is 5.00. The Morgan fingerprint density at radius 2 is 1.63 bits per heavy atom. The van der Waals surface area contributed by atoms with Crippen LogP contribution in [0.2, 0.25) is 0 Å². The molecule has 0 N–H and O–H groups in total. The SMILES string of the molecule is Cc1ccc(C(=O)COC(=O)[C@@H](C)N2C(=O)[C@H]3[C@H]4CC[C@@H](C4)[C@@H]3C2=O)cc1. The summed E-state index contributed by atoms with van der Waals surface area (Å²) in [6.07, 6.45) is 2.93. The van der Waals surface area contributed by atoms with E-state index in [1.807, 2.05) is 19.1 Å². The highest BCUT2D eigenvalue weighted by Crippen LogP contribution is 2.56. The Bertz CT molecular complexity index is 786. The van der Waals surface area contributed by atoms with Crippen molar-refractivity contribution in [2.24, 2.45) is 23.7 Å². The monoisotopic (exact) mass is 369 g/mol. The zero-order chi connectivity index (χ0) is 19.3. The summed E-state index contributed by atoms with van der Waals surface area (Å²) in [7, 11) is 0. The smallest absolute Gasteiger partial charge is 0.329 e. The van der Waals surface area contributed by atoms with Gasteiger partial charge in [-0.15, -0.1) is 0 Å². The van der Waals surface area contributed by atoms with Crippen molar-refractivity contribution >= 4 is 23.6 Å². The average molecular weight is 369 g/mol. The van der Waals surface area contributed by atoms with Crippen LogP contribution >= 0.6 is 0 Å². The molecule has 3 fully saturated rings. The van der Waals surface area contributed by atoms with Crippen LogP contribution < -0.4 is 0 Å². The quantitative estimate of drug-likeness (QED) is 0.451. The summed E-state index contributed by atoms with van der Waals surface area (Å²) >= 11 is 0. The fourth-order valence-electron chi connectivity index (χ4n) is 5.00. The molecule has 0 spiro atoms. The lowest BCUT2D eigenvalue weighted by atomic mass is 9.81. The van der Waals surface area contributed by atoms with E-state index in [2.05, 4.69) is 0 Å². The number of hydrogen-bond donors (Lipinski definition) is 0. The molecule has 1 aliphatic heterocycles. The minimum Gasteiger partial charge on any atom is -0.456 e.